The number of benzene rings is 3. The van der Waals surface area contributed by atoms with Crippen LogP contribution in [0.15, 0.2) is 65.5 Å². The molecular weight excluding hydrogens is 372 g/mol. The van der Waals surface area contributed by atoms with Crippen LogP contribution in [0.5, 0.6) is 0 Å². The first-order valence-corrected chi connectivity index (χ1v) is 9.39. The van der Waals surface area contributed by atoms with Crippen LogP contribution < -0.4 is 10.7 Å². The van der Waals surface area contributed by atoms with Crippen molar-refractivity contribution in [1.29, 1.82) is 0 Å². The van der Waals surface area contributed by atoms with Crippen LogP contribution in [0.1, 0.15) is 11.1 Å². The highest BCUT2D eigenvalue weighted by Gasteiger charge is 2.14. The van der Waals surface area contributed by atoms with Crippen molar-refractivity contribution in [2.45, 2.75) is 20.4 Å². The first kappa shape index (κ1) is 18.3. The van der Waals surface area contributed by atoms with E-state index in [2.05, 4.69) is 11.4 Å². The lowest BCUT2D eigenvalue weighted by Gasteiger charge is -2.15. The van der Waals surface area contributed by atoms with Crippen molar-refractivity contribution in [2.24, 2.45) is 0 Å². The zero-order valence-corrected chi connectivity index (χ0v) is 16.4. The lowest BCUT2D eigenvalue weighted by molar-refractivity contribution is -0.116. The van der Waals surface area contributed by atoms with Gasteiger partial charge in [0.15, 0.2) is 5.43 Å². The summed E-state index contributed by atoms with van der Waals surface area (Å²) in [5, 5.41) is 4.60. The smallest absolute Gasteiger partial charge is 0.244 e. The summed E-state index contributed by atoms with van der Waals surface area (Å²) in [6.07, 6.45) is 0. The van der Waals surface area contributed by atoms with Gasteiger partial charge in [0.1, 0.15) is 6.54 Å². The number of halogens is 1. The number of aromatic nitrogens is 1. The molecule has 4 aromatic rings. The van der Waals surface area contributed by atoms with Crippen molar-refractivity contribution in [3.05, 3.63) is 87.0 Å². The Kier molecular flexibility index (Phi) is 4.65. The number of nitrogens with one attached hydrogen (secondary N) is 1. The van der Waals surface area contributed by atoms with Crippen LogP contribution in [-0.4, -0.2) is 10.5 Å². The SMILES string of the molecule is Cc1cc(C)cc(NC(=O)Cn2c3ccccc3c(=O)c3ccc(Cl)cc32)c1. The van der Waals surface area contributed by atoms with E-state index in [1.165, 1.54) is 0 Å². The minimum atomic E-state index is -0.167. The molecular formula is C23H19ClN2O2. The molecule has 0 aliphatic rings. The van der Waals surface area contributed by atoms with Gasteiger partial charge in [-0.2, -0.15) is 0 Å². The molecule has 1 aromatic heterocycles. The van der Waals surface area contributed by atoms with Gasteiger partial charge in [0.25, 0.3) is 0 Å². The van der Waals surface area contributed by atoms with Gasteiger partial charge in [0.2, 0.25) is 5.91 Å². The maximum absolute atomic E-state index is 12.8. The van der Waals surface area contributed by atoms with E-state index in [0.717, 1.165) is 16.8 Å². The molecule has 28 heavy (non-hydrogen) atoms. The predicted molar refractivity (Wildman–Crippen MR) is 115 cm³/mol. The molecule has 3 aromatic carbocycles. The van der Waals surface area contributed by atoms with Crippen molar-refractivity contribution in [1.82, 2.24) is 4.57 Å². The Bertz CT molecular complexity index is 1270. The van der Waals surface area contributed by atoms with Crippen molar-refractivity contribution in [2.75, 3.05) is 5.32 Å². The Morgan fingerprint density at radius 3 is 2.36 bits per heavy atom. The van der Waals surface area contributed by atoms with Crippen molar-refractivity contribution >= 4 is 45.0 Å². The highest BCUT2D eigenvalue weighted by atomic mass is 35.5. The molecule has 1 N–H and O–H groups in total. The molecule has 0 bridgehead atoms. The van der Waals surface area contributed by atoms with Crippen LogP contribution in [0, 0.1) is 13.8 Å². The van der Waals surface area contributed by atoms with Gasteiger partial charge in [-0.05, 0) is 67.4 Å². The maximum Gasteiger partial charge on any atom is 0.244 e. The third-order valence-electron chi connectivity index (χ3n) is 4.74. The average molecular weight is 391 g/mol. The molecule has 1 heterocycles. The second-order valence-corrected chi connectivity index (χ2v) is 7.45. The number of hydrogen-bond donors (Lipinski definition) is 1. The minimum absolute atomic E-state index is 0.0618. The lowest BCUT2D eigenvalue weighted by Crippen LogP contribution is -2.21. The minimum Gasteiger partial charge on any atom is -0.331 e. The fourth-order valence-electron chi connectivity index (χ4n) is 3.66. The number of amides is 1. The Morgan fingerprint density at radius 2 is 1.61 bits per heavy atom. The molecule has 0 atom stereocenters. The standard InChI is InChI=1S/C23H19ClN2O2/c1-14-9-15(2)11-17(10-14)25-22(27)13-26-20-6-4-3-5-18(20)23(28)19-8-7-16(24)12-21(19)26/h3-12H,13H2,1-2H3,(H,25,27). The Labute approximate surface area is 167 Å². The molecule has 5 heteroatoms. The summed E-state index contributed by atoms with van der Waals surface area (Å²) in [5.74, 6) is -0.167. The van der Waals surface area contributed by atoms with E-state index in [4.69, 9.17) is 11.6 Å². The van der Waals surface area contributed by atoms with E-state index < -0.39 is 0 Å². The number of carbonyl (C=O) groups is 1. The first-order chi connectivity index (χ1) is 13.4. The number of aryl methyl sites for hydroxylation is 2. The van der Waals surface area contributed by atoms with Gasteiger partial charge in [-0.3, -0.25) is 9.59 Å². The van der Waals surface area contributed by atoms with Crippen molar-refractivity contribution in [3.63, 3.8) is 0 Å². The third-order valence-corrected chi connectivity index (χ3v) is 4.98. The van der Waals surface area contributed by atoms with Crippen molar-refractivity contribution in [3.8, 4) is 0 Å². The molecule has 4 rings (SSSR count). The van der Waals surface area contributed by atoms with Gasteiger partial charge in [-0.25, -0.2) is 0 Å². The summed E-state index contributed by atoms with van der Waals surface area (Å²) in [5.41, 5.74) is 4.22. The zero-order chi connectivity index (χ0) is 19.8. The molecule has 0 aliphatic heterocycles. The van der Waals surface area contributed by atoms with Gasteiger partial charge in [0, 0.05) is 21.5 Å². The Morgan fingerprint density at radius 1 is 0.929 bits per heavy atom. The lowest BCUT2D eigenvalue weighted by atomic mass is 10.1. The third kappa shape index (κ3) is 3.39. The number of para-hydroxylation sites is 1. The van der Waals surface area contributed by atoms with Crippen LogP contribution in [0.3, 0.4) is 0 Å². The molecule has 0 aliphatic carbocycles. The molecule has 0 unspecified atom stereocenters. The van der Waals surface area contributed by atoms with E-state index in [-0.39, 0.29) is 17.9 Å². The molecule has 0 radical (unpaired) electrons. The molecule has 0 spiro atoms. The molecule has 0 saturated heterocycles. The summed E-state index contributed by atoms with van der Waals surface area (Å²) in [7, 11) is 0. The summed E-state index contributed by atoms with van der Waals surface area (Å²) >= 11 is 6.18. The number of nitrogens with zero attached hydrogens (tertiary/aromatic N) is 1. The van der Waals surface area contributed by atoms with Gasteiger partial charge in [0.05, 0.1) is 11.0 Å². The Balaban J connectivity index is 1.82. The quantitative estimate of drug-likeness (QED) is 0.497. The fraction of sp³-hybridized carbons (Fsp3) is 0.130. The summed E-state index contributed by atoms with van der Waals surface area (Å²) in [4.78, 5) is 25.7. The predicted octanol–water partition coefficient (Wildman–Crippen LogP) is 5.06. The average Bonchev–Trinajstić information content (AvgIpc) is 2.64. The number of carbonyl (C=O) groups excluding carboxylic acids is 1. The maximum atomic E-state index is 12.8. The molecule has 4 nitrogen and oxygen atoms in total. The second kappa shape index (κ2) is 7.13. The van der Waals surface area contributed by atoms with Gasteiger partial charge in [-0.1, -0.05) is 29.8 Å². The normalized spacial score (nSPS) is 11.1. The van der Waals surface area contributed by atoms with Crippen LogP contribution in [0.4, 0.5) is 5.69 Å². The number of anilines is 1. The number of rotatable bonds is 3. The first-order valence-electron chi connectivity index (χ1n) is 9.01. The topological polar surface area (TPSA) is 51.1 Å². The van der Waals surface area contributed by atoms with Gasteiger partial charge >= 0.3 is 0 Å². The molecule has 140 valence electrons. The van der Waals surface area contributed by atoms with E-state index >= 15 is 0 Å². The summed E-state index contributed by atoms with van der Waals surface area (Å²) < 4.78 is 1.84. The summed E-state index contributed by atoms with van der Waals surface area (Å²) in [6.45, 7) is 4.06. The van der Waals surface area contributed by atoms with Crippen LogP contribution in [0.25, 0.3) is 21.8 Å². The number of hydrogen-bond acceptors (Lipinski definition) is 2. The highest BCUT2D eigenvalue weighted by Crippen LogP contribution is 2.23. The largest absolute Gasteiger partial charge is 0.331 e. The monoisotopic (exact) mass is 390 g/mol. The zero-order valence-electron chi connectivity index (χ0n) is 15.6. The molecule has 0 fully saturated rings. The van der Waals surface area contributed by atoms with E-state index in [9.17, 15) is 9.59 Å². The van der Waals surface area contributed by atoms with Crippen LogP contribution in [0.2, 0.25) is 5.02 Å². The number of pyridine rings is 1. The van der Waals surface area contributed by atoms with Crippen LogP contribution in [-0.2, 0) is 11.3 Å². The van der Waals surface area contributed by atoms with E-state index in [0.29, 0.717) is 26.8 Å². The van der Waals surface area contributed by atoms with Crippen LogP contribution >= 0.6 is 11.6 Å². The van der Waals surface area contributed by atoms with E-state index in [1.54, 1.807) is 24.3 Å². The van der Waals surface area contributed by atoms with Gasteiger partial charge < -0.3 is 9.88 Å². The fourth-order valence-corrected chi connectivity index (χ4v) is 3.82. The second-order valence-electron chi connectivity index (χ2n) is 7.02. The Hall–Kier alpha value is -3.11. The number of fused-ring (bicyclic) bond motifs is 2. The van der Waals surface area contributed by atoms with Crippen molar-refractivity contribution < 1.29 is 4.79 Å². The summed E-state index contributed by atoms with van der Waals surface area (Å²) in [6, 6.07) is 18.4. The highest BCUT2D eigenvalue weighted by molar-refractivity contribution is 6.31. The molecule has 0 saturated carbocycles. The van der Waals surface area contributed by atoms with E-state index in [1.807, 2.05) is 48.7 Å². The molecule has 1 amide bonds. The van der Waals surface area contributed by atoms with Gasteiger partial charge in [-0.15, -0.1) is 0 Å².